The third kappa shape index (κ3) is 4.89. The smallest absolute Gasteiger partial charge is 0.257 e. The van der Waals surface area contributed by atoms with Crippen molar-refractivity contribution >= 4 is 28.5 Å². The van der Waals surface area contributed by atoms with Crippen LogP contribution in [0, 0.1) is 5.82 Å². The van der Waals surface area contributed by atoms with Gasteiger partial charge >= 0.3 is 0 Å². The fourth-order valence-electron chi connectivity index (χ4n) is 3.22. The van der Waals surface area contributed by atoms with Gasteiger partial charge in [0.15, 0.2) is 0 Å². The van der Waals surface area contributed by atoms with Crippen molar-refractivity contribution in [2.75, 3.05) is 42.1 Å². The predicted octanol–water partition coefficient (Wildman–Crippen LogP) is 4.37. The van der Waals surface area contributed by atoms with Crippen LogP contribution in [0.2, 0.25) is 0 Å². The lowest BCUT2D eigenvalue weighted by molar-refractivity contribution is -0.110. The molecular formula is C22H27FN4O. The van der Waals surface area contributed by atoms with Gasteiger partial charge in [0, 0.05) is 35.4 Å². The molecule has 1 amide bonds. The van der Waals surface area contributed by atoms with Gasteiger partial charge in [-0.15, -0.1) is 0 Å². The Labute approximate surface area is 165 Å². The van der Waals surface area contributed by atoms with E-state index in [0.717, 1.165) is 44.0 Å². The molecule has 0 unspecified atom stereocenters. The molecule has 1 aliphatic heterocycles. The maximum absolute atomic E-state index is 13.5. The van der Waals surface area contributed by atoms with Crippen LogP contribution in [0.15, 0.2) is 48.7 Å². The van der Waals surface area contributed by atoms with Gasteiger partial charge in [0.1, 0.15) is 5.82 Å². The Morgan fingerprint density at radius 3 is 2.50 bits per heavy atom. The zero-order chi connectivity index (χ0) is 19.9. The van der Waals surface area contributed by atoms with E-state index in [0.29, 0.717) is 16.8 Å². The molecule has 2 aromatic rings. The zero-order valence-electron chi connectivity index (χ0n) is 16.4. The van der Waals surface area contributed by atoms with Crippen molar-refractivity contribution in [3.05, 3.63) is 60.0 Å². The number of fused-ring (bicyclic) bond motifs is 1. The second-order valence-electron chi connectivity index (χ2n) is 6.73. The number of benzene rings is 2. The van der Waals surface area contributed by atoms with Crippen molar-refractivity contribution in [2.45, 2.75) is 20.3 Å². The summed E-state index contributed by atoms with van der Waals surface area (Å²) in [6.45, 7) is 8.56. The minimum absolute atomic E-state index is 0.236. The number of hydrogen-bond acceptors (Lipinski definition) is 4. The molecule has 28 heavy (non-hydrogen) atoms. The van der Waals surface area contributed by atoms with E-state index in [2.05, 4.69) is 34.7 Å². The summed E-state index contributed by atoms with van der Waals surface area (Å²) in [5.41, 5.74) is 3.54. The molecule has 5 nitrogen and oxygen atoms in total. The molecule has 1 aliphatic rings. The Morgan fingerprint density at radius 1 is 1.07 bits per heavy atom. The minimum atomic E-state index is -0.363. The van der Waals surface area contributed by atoms with Crippen molar-refractivity contribution in [1.82, 2.24) is 4.90 Å². The molecule has 3 N–H and O–H groups in total. The summed E-state index contributed by atoms with van der Waals surface area (Å²) in [6, 6.07) is 12.2. The third-order valence-electron chi connectivity index (χ3n) is 4.91. The van der Waals surface area contributed by atoms with Gasteiger partial charge < -0.3 is 20.9 Å². The van der Waals surface area contributed by atoms with Crippen LogP contribution in [-0.4, -0.2) is 37.0 Å². The molecule has 0 atom stereocenters. The first-order valence-corrected chi connectivity index (χ1v) is 9.75. The number of rotatable bonds is 9. The monoisotopic (exact) mass is 382 g/mol. The van der Waals surface area contributed by atoms with Crippen LogP contribution in [0.25, 0.3) is 5.57 Å². The summed E-state index contributed by atoms with van der Waals surface area (Å²) in [7, 11) is 0. The lowest BCUT2D eigenvalue weighted by Gasteiger charge is -2.18. The van der Waals surface area contributed by atoms with Gasteiger partial charge in [-0.25, -0.2) is 4.39 Å². The fraction of sp³-hybridized carbons (Fsp3) is 0.318. The predicted molar refractivity (Wildman–Crippen MR) is 114 cm³/mol. The van der Waals surface area contributed by atoms with E-state index in [1.807, 2.05) is 24.3 Å². The average Bonchev–Trinajstić information content (AvgIpc) is 3.02. The Kier molecular flexibility index (Phi) is 6.66. The van der Waals surface area contributed by atoms with Crippen molar-refractivity contribution in [3.63, 3.8) is 0 Å². The van der Waals surface area contributed by atoms with Crippen molar-refractivity contribution in [1.29, 1.82) is 0 Å². The van der Waals surface area contributed by atoms with Gasteiger partial charge in [0.05, 0.1) is 5.57 Å². The molecule has 0 aliphatic carbocycles. The van der Waals surface area contributed by atoms with Crippen LogP contribution in [-0.2, 0) is 4.79 Å². The molecule has 6 heteroatoms. The first-order chi connectivity index (χ1) is 13.6. The summed E-state index contributed by atoms with van der Waals surface area (Å²) in [5.74, 6) is -0.600. The van der Waals surface area contributed by atoms with E-state index in [1.165, 1.54) is 12.1 Å². The first kappa shape index (κ1) is 19.9. The molecule has 148 valence electrons. The van der Waals surface area contributed by atoms with Crippen LogP contribution in [0.4, 0.5) is 21.5 Å². The highest BCUT2D eigenvalue weighted by Crippen LogP contribution is 2.32. The van der Waals surface area contributed by atoms with E-state index in [1.54, 1.807) is 12.3 Å². The molecule has 0 bridgehead atoms. The van der Waals surface area contributed by atoms with E-state index in [-0.39, 0.29) is 11.7 Å². The molecule has 0 aromatic heterocycles. The Bertz CT molecular complexity index is 844. The number of halogens is 1. The maximum atomic E-state index is 13.5. The number of nitrogens with zero attached hydrogens (tertiary/aromatic N) is 1. The van der Waals surface area contributed by atoms with Gasteiger partial charge in [-0.1, -0.05) is 13.8 Å². The molecule has 2 aromatic carbocycles. The van der Waals surface area contributed by atoms with Crippen LogP contribution >= 0.6 is 0 Å². The second kappa shape index (κ2) is 9.37. The minimum Gasteiger partial charge on any atom is -0.385 e. The number of nitrogens with one attached hydrogen (secondary N) is 3. The lowest BCUT2D eigenvalue weighted by atomic mass is 10.1. The number of carbonyl (C=O) groups is 1. The molecule has 0 radical (unpaired) electrons. The highest BCUT2D eigenvalue weighted by Gasteiger charge is 2.24. The molecule has 0 spiro atoms. The quantitative estimate of drug-likeness (QED) is 0.445. The molecule has 0 saturated heterocycles. The average molecular weight is 382 g/mol. The third-order valence-corrected chi connectivity index (χ3v) is 4.91. The Balaban J connectivity index is 1.54. The van der Waals surface area contributed by atoms with Crippen LogP contribution in [0.5, 0.6) is 0 Å². The molecular weight excluding hydrogens is 355 g/mol. The lowest BCUT2D eigenvalue weighted by Crippen LogP contribution is -2.25. The summed E-state index contributed by atoms with van der Waals surface area (Å²) in [5, 5.41) is 9.28. The number of anilines is 3. The second-order valence-corrected chi connectivity index (χ2v) is 6.73. The SMILES string of the molecule is CCN(CC)CCCNc1ccc(NC=C2C(=O)Nc3ccc(F)cc32)cc1. The zero-order valence-corrected chi connectivity index (χ0v) is 16.4. The summed E-state index contributed by atoms with van der Waals surface area (Å²) >= 11 is 0. The largest absolute Gasteiger partial charge is 0.385 e. The van der Waals surface area contributed by atoms with Crippen LogP contribution < -0.4 is 16.0 Å². The summed E-state index contributed by atoms with van der Waals surface area (Å²) in [6.07, 6.45) is 2.71. The Morgan fingerprint density at radius 2 is 1.79 bits per heavy atom. The maximum Gasteiger partial charge on any atom is 0.257 e. The van der Waals surface area contributed by atoms with E-state index in [4.69, 9.17) is 0 Å². The highest BCUT2D eigenvalue weighted by molar-refractivity contribution is 6.31. The van der Waals surface area contributed by atoms with E-state index < -0.39 is 0 Å². The van der Waals surface area contributed by atoms with E-state index in [9.17, 15) is 9.18 Å². The van der Waals surface area contributed by atoms with Gasteiger partial charge in [0.25, 0.3) is 5.91 Å². The van der Waals surface area contributed by atoms with Gasteiger partial charge in [0.2, 0.25) is 0 Å². The fourth-order valence-corrected chi connectivity index (χ4v) is 3.22. The van der Waals surface area contributed by atoms with Gasteiger partial charge in [-0.05, 0) is 68.5 Å². The molecule has 1 heterocycles. The molecule has 0 saturated carbocycles. The highest BCUT2D eigenvalue weighted by atomic mass is 19.1. The number of amides is 1. The Hall–Kier alpha value is -2.86. The van der Waals surface area contributed by atoms with Crippen molar-refractivity contribution in [2.24, 2.45) is 0 Å². The van der Waals surface area contributed by atoms with Crippen LogP contribution in [0.3, 0.4) is 0 Å². The topological polar surface area (TPSA) is 56.4 Å². The standard InChI is InChI=1S/C22H27FN4O/c1-3-27(4-2)13-5-12-24-17-7-9-18(10-8-17)25-15-20-19-14-16(23)6-11-21(19)26-22(20)28/h6-11,14-15,24-25H,3-5,12-13H2,1-2H3,(H,26,28). The number of carbonyl (C=O) groups excluding carboxylic acids is 1. The number of hydrogen-bond donors (Lipinski definition) is 3. The van der Waals surface area contributed by atoms with Crippen molar-refractivity contribution < 1.29 is 9.18 Å². The van der Waals surface area contributed by atoms with Crippen molar-refractivity contribution in [3.8, 4) is 0 Å². The normalized spacial score (nSPS) is 14.3. The van der Waals surface area contributed by atoms with Crippen LogP contribution in [0.1, 0.15) is 25.8 Å². The first-order valence-electron chi connectivity index (χ1n) is 9.75. The van der Waals surface area contributed by atoms with E-state index >= 15 is 0 Å². The van der Waals surface area contributed by atoms with Gasteiger partial charge in [-0.3, -0.25) is 4.79 Å². The van der Waals surface area contributed by atoms with Gasteiger partial charge in [-0.2, -0.15) is 0 Å². The molecule has 0 fully saturated rings. The molecule has 3 rings (SSSR count). The summed E-state index contributed by atoms with van der Waals surface area (Å²) in [4.78, 5) is 14.5. The summed E-state index contributed by atoms with van der Waals surface area (Å²) < 4.78 is 13.5.